The van der Waals surface area contributed by atoms with Crippen LogP contribution in [-0.4, -0.2) is 42.9 Å². The minimum absolute atomic E-state index is 0.0246. The van der Waals surface area contributed by atoms with E-state index in [9.17, 15) is 9.59 Å². The second kappa shape index (κ2) is 8.36. The molecule has 4 rings (SSSR count). The number of thiophene rings is 1. The summed E-state index contributed by atoms with van der Waals surface area (Å²) in [5.41, 5.74) is 4.70. The molecule has 6 nitrogen and oxygen atoms in total. The van der Waals surface area contributed by atoms with Crippen molar-refractivity contribution >= 4 is 33.8 Å². The molecule has 3 heterocycles. The first-order chi connectivity index (χ1) is 14.4. The topological polar surface area (TPSA) is 65.8 Å². The maximum Gasteiger partial charge on any atom is 0.291 e. The van der Waals surface area contributed by atoms with E-state index >= 15 is 0 Å². The number of nitrogens with one attached hydrogen (secondary N) is 1. The van der Waals surface area contributed by atoms with Crippen LogP contribution in [0.25, 0.3) is 0 Å². The Morgan fingerprint density at radius 3 is 2.47 bits per heavy atom. The van der Waals surface area contributed by atoms with E-state index in [4.69, 9.17) is 4.42 Å². The Kier molecular flexibility index (Phi) is 5.63. The van der Waals surface area contributed by atoms with Crippen molar-refractivity contribution in [3.8, 4) is 0 Å². The van der Waals surface area contributed by atoms with Crippen LogP contribution >= 0.6 is 11.3 Å². The molecule has 2 amide bonds. The molecule has 156 valence electrons. The van der Waals surface area contributed by atoms with E-state index in [2.05, 4.69) is 42.3 Å². The number of carbonyl (C=O) groups is 2. The molecule has 0 aliphatic carbocycles. The van der Waals surface area contributed by atoms with Crippen molar-refractivity contribution in [3.63, 3.8) is 0 Å². The number of furan rings is 1. The van der Waals surface area contributed by atoms with Gasteiger partial charge in [0.25, 0.3) is 11.8 Å². The maximum atomic E-state index is 13.1. The van der Waals surface area contributed by atoms with Crippen LogP contribution in [0.15, 0.2) is 47.1 Å². The van der Waals surface area contributed by atoms with Crippen molar-refractivity contribution < 1.29 is 14.0 Å². The quantitative estimate of drug-likeness (QED) is 0.672. The lowest BCUT2D eigenvalue weighted by molar-refractivity contribution is 0.0750. The van der Waals surface area contributed by atoms with Crippen molar-refractivity contribution in [1.29, 1.82) is 0 Å². The highest BCUT2D eigenvalue weighted by molar-refractivity contribution is 7.18. The number of nitrogens with zero attached hydrogens (tertiary/aromatic N) is 2. The number of piperazine rings is 1. The van der Waals surface area contributed by atoms with Crippen LogP contribution in [0, 0.1) is 20.8 Å². The van der Waals surface area contributed by atoms with Gasteiger partial charge in [0.1, 0.15) is 0 Å². The summed E-state index contributed by atoms with van der Waals surface area (Å²) in [4.78, 5) is 30.2. The summed E-state index contributed by atoms with van der Waals surface area (Å²) in [6.07, 6.45) is 1.46. The van der Waals surface area contributed by atoms with E-state index < -0.39 is 0 Å². The molecular weight excluding hydrogens is 398 g/mol. The lowest BCUT2D eigenvalue weighted by Crippen LogP contribution is -2.49. The fourth-order valence-corrected chi connectivity index (χ4v) is 4.75. The molecule has 0 atom stereocenters. The Morgan fingerprint density at radius 1 is 1.00 bits per heavy atom. The van der Waals surface area contributed by atoms with Crippen molar-refractivity contribution in [3.05, 3.63) is 70.0 Å². The van der Waals surface area contributed by atoms with Crippen molar-refractivity contribution in [2.45, 2.75) is 20.8 Å². The number of carbonyl (C=O) groups excluding carboxylic acids is 2. The largest absolute Gasteiger partial charge is 0.459 e. The molecule has 1 N–H and O–H groups in total. The summed E-state index contributed by atoms with van der Waals surface area (Å²) >= 11 is 1.31. The van der Waals surface area contributed by atoms with Gasteiger partial charge >= 0.3 is 0 Å². The zero-order valence-corrected chi connectivity index (χ0v) is 18.2. The van der Waals surface area contributed by atoms with Gasteiger partial charge in [-0.15, -0.1) is 11.3 Å². The van der Waals surface area contributed by atoms with Gasteiger partial charge in [0.2, 0.25) is 0 Å². The molecule has 3 aromatic rings. The van der Waals surface area contributed by atoms with Crippen LogP contribution in [-0.2, 0) is 0 Å². The van der Waals surface area contributed by atoms with E-state index in [0.717, 1.165) is 18.7 Å². The molecule has 2 aromatic heterocycles. The van der Waals surface area contributed by atoms with Crippen molar-refractivity contribution in [1.82, 2.24) is 4.90 Å². The number of hydrogen-bond acceptors (Lipinski definition) is 5. The van der Waals surface area contributed by atoms with E-state index in [1.165, 1.54) is 34.4 Å². The normalized spacial score (nSPS) is 14.1. The number of aryl methyl sites for hydroxylation is 2. The Morgan fingerprint density at radius 2 is 1.77 bits per heavy atom. The summed E-state index contributed by atoms with van der Waals surface area (Å²) < 4.78 is 5.12. The highest BCUT2D eigenvalue weighted by atomic mass is 32.1. The minimum Gasteiger partial charge on any atom is -0.459 e. The standard InChI is InChI=1S/C23H25N3O3S/c1-15-6-4-7-18(17(15)3)25-9-11-26(12-10-25)23(28)21-16(2)14-20(30-21)24-22(27)19-8-5-13-29-19/h4-8,13-14H,9-12H2,1-3H3,(H,24,27). The molecule has 7 heteroatoms. The fraction of sp³-hybridized carbons (Fsp3) is 0.304. The summed E-state index contributed by atoms with van der Waals surface area (Å²) in [5, 5.41) is 3.45. The number of rotatable bonds is 4. The van der Waals surface area contributed by atoms with Crippen LogP contribution in [0.3, 0.4) is 0 Å². The third-order valence-electron chi connectivity index (χ3n) is 5.58. The predicted octanol–water partition coefficient (Wildman–Crippen LogP) is 4.48. The second-order valence-corrected chi connectivity index (χ2v) is 8.60. The summed E-state index contributed by atoms with van der Waals surface area (Å²) in [5.74, 6) is -0.0458. The molecule has 30 heavy (non-hydrogen) atoms. The number of anilines is 2. The minimum atomic E-state index is -0.317. The highest BCUT2D eigenvalue weighted by Gasteiger charge is 2.26. The zero-order chi connectivity index (χ0) is 21.3. The molecule has 1 fully saturated rings. The Bertz CT molecular complexity index is 1060. The fourth-order valence-electron chi connectivity index (χ4n) is 3.71. The van der Waals surface area contributed by atoms with Gasteiger partial charge in [-0.2, -0.15) is 0 Å². The predicted molar refractivity (Wildman–Crippen MR) is 120 cm³/mol. The van der Waals surface area contributed by atoms with Crippen LogP contribution in [0.4, 0.5) is 10.7 Å². The van der Waals surface area contributed by atoms with Crippen molar-refractivity contribution in [2.24, 2.45) is 0 Å². The van der Waals surface area contributed by atoms with Crippen LogP contribution in [0.2, 0.25) is 0 Å². The van der Waals surface area contributed by atoms with Gasteiger partial charge in [-0.25, -0.2) is 0 Å². The smallest absolute Gasteiger partial charge is 0.291 e. The van der Waals surface area contributed by atoms with Gasteiger partial charge in [0.15, 0.2) is 5.76 Å². The van der Waals surface area contributed by atoms with Gasteiger partial charge < -0.3 is 19.5 Å². The molecule has 0 unspecified atom stereocenters. The molecule has 0 saturated carbocycles. The van der Waals surface area contributed by atoms with Gasteiger partial charge in [0, 0.05) is 31.9 Å². The molecule has 0 radical (unpaired) electrons. The van der Waals surface area contributed by atoms with E-state index in [-0.39, 0.29) is 17.6 Å². The molecule has 0 spiro atoms. The van der Waals surface area contributed by atoms with Crippen LogP contribution < -0.4 is 10.2 Å². The van der Waals surface area contributed by atoms with Crippen LogP contribution in [0.1, 0.15) is 36.9 Å². The van der Waals surface area contributed by atoms with Gasteiger partial charge in [-0.05, 0) is 61.7 Å². The van der Waals surface area contributed by atoms with Gasteiger partial charge in [-0.3, -0.25) is 9.59 Å². The molecule has 1 aromatic carbocycles. The first-order valence-corrected chi connectivity index (χ1v) is 10.8. The Hall–Kier alpha value is -3.06. The summed E-state index contributed by atoms with van der Waals surface area (Å²) in [6, 6.07) is 11.5. The molecule has 1 aliphatic rings. The average Bonchev–Trinajstić information content (AvgIpc) is 3.40. The highest BCUT2D eigenvalue weighted by Crippen LogP contribution is 2.29. The van der Waals surface area contributed by atoms with E-state index in [1.54, 1.807) is 12.1 Å². The Labute approximate surface area is 180 Å². The molecule has 1 saturated heterocycles. The maximum absolute atomic E-state index is 13.1. The SMILES string of the molecule is Cc1cc(NC(=O)c2ccco2)sc1C(=O)N1CCN(c2cccc(C)c2C)CC1. The lowest BCUT2D eigenvalue weighted by atomic mass is 10.1. The van der Waals surface area contributed by atoms with E-state index in [1.807, 2.05) is 17.9 Å². The Balaban J connectivity index is 1.41. The monoisotopic (exact) mass is 423 g/mol. The number of benzene rings is 1. The van der Waals surface area contributed by atoms with Crippen molar-refractivity contribution in [2.75, 3.05) is 36.4 Å². The zero-order valence-electron chi connectivity index (χ0n) is 17.4. The molecular formula is C23H25N3O3S. The third-order valence-corrected chi connectivity index (χ3v) is 6.72. The second-order valence-electron chi connectivity index (χ2n) is 7.55. The first-order valence-electron chi connectivity index (χ1n) is 10.00. The lowest BCUT2D eigenvalue weighted by Gasteiger charge is -2.37. The van der Waals surface area contributed by atoms with E-state index in [0.29, 0.717) is 23.0 Å². The summed E-state index contributed by atoms with van der Waals surface area (Å²) in [6.45, 7) is 9.15. The van der Waals surface area contributed by atoms with Gasteiger partial charge in [-0.1, -0.05) is 12.1 Å². The number of hydrogen-bond donors (Lipinski definition) is 1. The first kappa shape index (κ1) is 20.2. The number of amides is 2. The third kappa shape index (κ3) is 3.98. The summed E-state index contributed by atoms with van der Waals surface area (Å²) in [7, 11) is 0. The average molecular weight is 424 g/mol. The van der Waals surface area contributed by atoms with Gasteiger partial charge in [0.05, 0.1) is 16.1 Å². The molecule has 0 bridgehead atoms. The molecule has 1 aliphatic heterocycles. The van der Waals surface area contributed by atoms with Crippen LogP contribution in [0.5, 0.6) is 0 Å².